The monoisotopic (exact) mass is 599 g/mol. The fourth-order valence-electron chi connectivity index (χ4n) is 4.42. The molecule has 220 valence electrons. The number of anilines is 1. The van der Waals surface area contributed by atoms with E-state index in [1.54, 1.807) is 30.3 Å². The molecule has 0 radical (unpaired) electrons. The number of sulfonamides is 1. The van der Waals surface area contributed by atoms with Gasteiger partial charge in [-0.05, 0) is 68.1 Å². The number of ether oxygens (including phenoxy) is 1. The van der Waals surface area contributed by atoms with Crippen molar-refractivity contribution in [2.45, 2.75) is 64.1 Å². The summed E-state index contributed by atoms with van der Waals surface area (Å²) in [6.07, 6.45) is 1.07. The lowest BCUT2D eigenvalue weighted by molar-refractivity contribution is -0.140. The molecule has 0 heterocycles. The second-order valence-corrected chi connectivity index (χ2v) is 12.1. The number of aryl methyl sites for hydroxylation is 1. The second kappa shape index (κ2) is 14.4. The summed E-state index contributed by atoms with van der Waals surface area (Å²) in [4.78, 5) is 29.1. The first-order valence-corrected chi connectivity index (χ1v) is 15.4. The van der Waals surface area contributed by atoms with Gasteiger partial charge in [-0.1, -0.05) is 67.9 Å². The minimum absolute atomic E-state index is 0.00170. The van der Waals surface area contributed by atoms with E-state index in [-0.39, 0.29) is 39.8 Å². The molecule has 0 unspecified atom stereocenters. The third-order valence-corrected chi connectivity index (χ3v) is 9.02. The zero-order valence-electron chi connectivity index (χ0n) is 24.1. The minimum atomic E-state index is -4.24. The van der Waals surface area contributed by atoms with Gasteiger partial charge >= 0.3 is 0 Å². The number of methoxy groups -OCH3 is 1. The van der Waals surface area contributed by atoms with Gasteiger partial charge in [-0.25, -0.2) is 8.42 Å². The number of carbonyl (C=O) groups is 2. The van der Waals surface area contributed by atoms with Crippen molar-refractivity contribution < 1.29 is 22.7 Å². The first-order valence-electron chi connectivity index (χ1n) is 13.6. The van der Waals surface area contributed by atoms with E-state index in [0.717, 1.165) is 21.9 Å². The Kier molecular flexibility index (Phi) is 11.2. The van der Waals surface area contributed by atoms with Crippen molar-refractivity contribution in [3.63, 3.8) is 0 Å². The summed E-state index contributed by atoms with van der Waals surface area (Å²) in [5.41, 5.74) is 1.92. The summed E-state index contributed by atoms with van der Waals surface area (Å²) in [7, 11) is -2.83. The highest BCUT2D eigenvalue weighted by atomic mass is 35.5. The van der Waals surface area contributed by atoms with Crippen LogP contribution in [0.25, 0.3) is 0 Å². The van der Waals surface area contributed by atoms with Gasteiger partial charge in [0, 0.05) is 17.6 Å². The average molecular weight is 600 g/mol. The molecular weight excluding hydrogens is 562 g/mol. The van der Waals surface area contributed by atoms with Gasteiger partial charge in [0.1, 0.15) is 18.3 Å². The van der Waals surface area contributed by atoms with Crippen LogP contribution < -0.4 is 14.4 Å². The van der Waals surface area contributed by atoms with E-state index in [4.69, 9.17) is 16.3 Å². The molecule has 3 aromatic carbocycles. The van der Waals surface area contributed by atoms with E-state index in [9.17, 15) is 18.0 Å². The highest BCUT2D eigenvalue weighted by Crippen LogP contribution is 2.35. The highest BCUT2D eigenvalue weighted by Gasteiger charge is 2.35. The van der Waals surface area contributed by atoms with Gasteiger partial charge in [0.25, 0.3) is 10.0 Å². The largest absolute Gasteiger partial charge is 0.495 e. The fraction of sp³-hybridized carbons (Fsp3) is 0.355. The number of benzene rings is 3. The normalized spacial score (nSPS) is 12.7. The standard InChI is InChI=1S/C31H38ClN3O5S/c1-6-23(4)33-31(37)27(7-2)34(20-24-14-12-11-13-22(24)3)30(36)21-35(28-19-25(32)17-18-29(28)40-5)41(38,39)26-15-9-8-10-16-26/h8-19,23,27H,6-7,20-21H2,1-5H3,(H,33,37)/t23-,27+/m1/s1. The minimum Gasteiger partial charge on any atom is -0.495 e. The number of nitrogens with zero attached hydrogens (tertiary/aromatic N) is 2. The molecule has 0 aliphatic rings. The maximum atomic E-state index is 14.2. The van der Waals surface area contributed by atoms with Crippen LogP contribution in [0.5, 0.6) is 5.75 Å². The Bertz CT molecular complexity index is 1450. The van der Waals surface area contributed by atoms with Gasteiger partial charge < -0.3 is 15.0 Å². The average Bonchev–Trinajstić information content (AvgIpc) is 2.96. The van der Waals surface area contributed by atoms with E-state index in [1.165, 1.54) is 30.2 Å². The molecule has 0 aliphatic heterocycles. The maximum Gasteiger partial charge on any atom is 0.264 e. The van der Waals surface area contributed by atoms with Crippen LogP contribution in [0.1, 0.15) is 44.7 Å². The van der Waals surface area contributed by atoms with Crippen LogP contribution in [-0.2, 0) is 26.2 Å². The Labute approximate surface area is 248 Å². The number of carbonyl (C=O) groups excluding carboxylic acids is 2. The predicted molar refractivity (Wildman–Crippen MR) is 163 cm³/mol. The first-order chi connectivity index (χ1) is 19.5. The first kappa shape index (κ1) is 32.0. The van der Waals surface area contributed by atoms with Crippen LogP contribution in [0, 0.1) is 6.92 Å². The molecule has 1 N–H and O–H groups in total. The van der Waals surface area contributed by atoms with Crippen LogP contribution in [0.2, 0.25) is 5.02 Å². The van der Waals surface area contributed by atoms with E-state index in [2.05, 4.69) is 5.32 Å². The summed E-state index contributed by atoms with van der Waals surface area (Å²) in [5, 5.41) is 3.26. The molecular formula is C31H38ClN3O5S. The van der Waals surface area contributed by atoms with E-state index in [0.29, 0.717) is 6.42 Å². The Morgan fingerprint density at radius 2 is 1.63 bits per heavy atom. The zero-order chi connectivity index (χ0) is 30.2. The molecule has 3 rings (SSSR count). The third kappa shape index (κ3) is 7.80. The van der Waals surface area contributed by atoms with Crippen molar-refractivity contribution in [3.8, 4) is 5.75 Å². The number of halogens is 1. The SMILES string of the molecule is CC[C@@H](C)NC(=O)[C@H](CC)N(Cc1ccccc1C)C(=O)CN(c1cc(Cl)ccc1OC)S(=O)(=O)c1ccccc1. The topological polar surface area (TPSA) is 96.0 Å². The van der Waals surface area contributed by atoms with E-state index in [1.807, 2.05) is 52.0 Å². The maximum absolute atomic E-state index is 14.2. The molecule has 8 nitrogen and oxygen atoms in total. The lowest BCUT2D eigenvalue weighted by Crippen LogP contribution is -2.53. The molecule has 0 fully saturated rings. The van der Waals surface area contributed by atoms with Crippen molar-refractivity contribution in [1.82, 2.24) is 10.2 Å². The Hall–Kier alpha value is -3.56. The van der Waals surface area contributed by atoms with Crippen LogP contribution in [0.4, 0.5) is 5.69 Å². The number of amides is 2. The van der Waals surface area contributed by atoms with Gasteiger partial charge in [-0.3, -0.25) is 13.9 Å². The molecule has 0 aromatic heterocycles. The van der Waals surface area contributed by atoms with E-state index >= 15 is 0 Å². The Morgan fingerprint density at radius 3 is 2.24 bits per heavy atom. The molecule has 3 aromatic rings. The Morgan fingerprint density at radius 1 is 0.976 bits per heavy atom. The molecule has 0 spiro atoms. The lowest BCUT2D eigenvalue weighted by Gasteiger charge is -2.34. The van der Waals surface area contributed by atoms with Gasteiger partial charge in [-0.15, -0.1) is 0 Å². The summed E-state index contributed by atoms with van der Waals surface area (Å²) in [5.74, 6) is -0.601. The van der Waals surface area contributed by atoms with Crippen molar-refractivity contribution in [2.24, 2.45) is 0 Å². The molecule has 0 aliphatic carbocycles. The molecule has 2 atom stereocenters. The highest BCUT2D eigenvalue weighted by molar-refractivity contribution is 7.92. The van der Waals surface area contributed by atoms with Crippen LogP contribution >= 0.6 is 11.6 Å². The van der Waals surface area contributed by atoms with Crippen molar-refractivity contribution >= 4 is 39.1 Å². The van der Waals surface area contributed by atoms with Gasteiger partial charge in [-0.2, -0.15) is 0 Å². The number of hydrogen-bond acceptors (Lipinski definition) is 5. The van der Waals surface area contributed by atoms with Crippen LogP contribution in [0.3, 0.4) is 0 Å². The van der Waals surface area contributed by atoms with Gasteiger partial charge in [0.2, 0.25) is 11.8 Å². The van der Waals surface area contributed by atoms with Gasteiger partial charge in [0.15, 0.2) is 0 Å². The number of hydrogen-bond donors (Lipinski definition) is 1. The van der Waals surface area contributed by atoms with E-state index < -0.39 is 28.5 Å². The smallest absolute Gasteiger partial charge is 0.264 e. The summed E-state index contributed by atoms with van der Waals surface area (Å²) in [6, 6.07) is 19.1. The van der Waals surface area contributed by atoms with Gasteiger partial charge in [0.05, 0.1) is 17.7 Å². The summed E-state index contributed by atoms with van der Waals surface area (Å²) < 4.78 is 34.5. The fourth-order valence-corrected chi connectivity index (χ4v) is 6.03. The van der Waals surface area contributed by atoms with Crippen molar-refractivity contribution in [3.05, 3.63) is 88.9 Å². The van der Waals surface area contributed by atoms with Crippen molar-refractivity contribution in [1.29, 1.82) is 0 Å². The lowest BCUT2D eigenvalue weighted by atomic mass is 10.1. The van der Waals surface area contributed by atoms with Crippen molar-refractivity contribution in [2.75, 3.05) is 18.0 Å². The third-order valence-electron chi connectivity index (χ3n) is 7.01. The zero-order valence-corrected chi connectivity index (χ0v) is 25.7. The molecule has 0 saturated carbocycles. The molecule has 41 heavy (non-hydrogen) atoms. The Balaban J connectivity index is 2.13. The molecule has 10 heteroatoms. The number of nitrogens with one attached hydrogen (secondary N) is 1. The molecule has 2 amide bonds. The second-order valence-electron chi connectivity index (χ2n) is 9.83. The summed E-state index contributed by atoms with van der Waals surface area (Å²) in [6.45, 7) is 7.18. The predicted octanol–water partition coefficient (Wildman–Crippen LogP) is 5.57. The molecule has 0 saturated heterocycles. The summed E-state index contributed by atoms with van der Waals surface area (Å²) >= 11 is 6.29. The quantitative estimate of drug-likeness (QED) is 0.277. The van der Waals surface area contributed by atoms with Crippen LogP contribution in [0.15, 0.2) is 77.7 Å². The van der Waals surface area contributed by atoms with Crippen LogP contribution in [-0.4, -0.2) is 50.9 Å². The number of rotatable bonds is 13. The molecule has 0 bridgehead atoms.